The van der Waals surface area contributed by atoms with Crippen LogP contribution in [0.15, 0.2) is 48.7 Å². The van der Waals surface area contributed by atoms with Gasteiger partial charge in [-0.3, -0.25) is 4.79 Å². The Balaban J connectivity index is 1.51. The molecule has 1 amide bonds. The zero-order valence-corrected chi connectivity index (χ0v) is 16.1. The number of aromatic nitrogens is 1. The quantitative estimate of drug-likeness (QED) is 0.839. The highest BCUT2D eigenvalue weighted by Gasteiger charge is 2.29. The molecular formula is C22H28N4O. The van der Waals surface area contributed by atoms with Crippen LogP contribution in [0.1, 0.15) is 41.2 Å². The fraction of sp³-hybridized carbons (Fsp3) is 0.455. The van der Waals surface area contributed by atoms with Crippen LogP contribution in [0.2, 0.25) is 0 Å². The van der Waals surface area contributed by atoms with E-state index in [0.29, 0.717) is 0 Å². The SMILES string of the molecule is CN1CCN(c2ccc(C3CCCCN3C(=O)c3ccccc3)cn2)CC1. The van der Waals surface area contributed by atoms with Crippen molar-refractivity contribution in [3.8, 4) is 0 Å². The minimum Gasteiger partial charge on any atom is -0.354 e. The minimum absolute atomic E-state index is 0.125. The third kappa shape index (κ3) is 3.98. The van der Waals surface area contributed by atoms with Gasteiger partial charge in [-0.25, -0.2) is 4.98 Å². The number of carbonyl (C=O) groups is 1. The van der Waals surface area contributed by atoms with Crippen LogP contribution >= 0.6 is 0 Å². The molecule has 0 N–H and O–H groups in total. The molecule has 5 nitrogen and oxygen atoms in total. The lowest BCUT2D eigenvalue weighted by atomic mass is 9.95. The van der Waals surface area contributed by atoms with Crippen molar-refractivity contribution in [3.63, 3.8) is 0 Å². The van der Waals surface area contributed by atoms with Gasteiger partial charge in [0.25, 0.3) is 5.91 Å². The molecule has 3 heterocycles. The molecule has 0 saturated carbocycles. The minimum atomic E-state index is 0.125. The van der Waals surface area contributed by atoms with E-state index in [4.69, 9.17) is 4.98 Å². The highest BCUT2D eigenvalue weighted by Crippen LogP contribution is 2.32. The zero-order chi connectivity index (χ0) is 18.6. The molecule has 2 aromatic rings. The highest BCUT2D eigenvalue weighted by molar-refractivity contribution is 5.94. The number of amides is 1. The van der Waals surface area contributed by atoms with Gasteiger partial charge in [0, 0.05) is 44.5 Å². The van der Waals surface area contributed by atoms with Crippen molar-refractivity contribution in [1.29, 1.82) is 0 Å². The van der Waals surface area contributed by atoms with E-state index < -0.39 is 0 Å². The molecule has 0 aliphatic carbocycles. The summed E-state index contributed by atoms with van der Waals surface area (Å²) < 4.78 is 0. The second-order valence-corrected chi connectivity index (χ2v) is 7.62. The lowest BCUT2D eigenvalue weighted by molar-refractivity contribution is 0.0611. The molecule has 2 aliphatic heterocycles. The van der Waals surface area contributed by atoms with E-state index >= 15 is 0 Å². The van der Waals surface area contributed by atoms with Gasteiger partial charge < -0.3 is 14.7 Å². The van der Waals surface area contributed by atoms with Gasteiger partial charge in [0.2, 0.25) is 0 Å². The number of carbonyl (C=O) groups excluding carboxylic acids is 1. The maximum Gasteiger partial charge on any atom is 0.254 e. The van der Waals surface area contributed by atoms with Crippen LogP contribution in [0, 0.1) is 0 Å². The molecule has 0 radical (unpaired) electrons. The summed E-state index contributed by atoms with van der Waals surface area (Å²) in [6.07, 6.45) is 5.22. The van der Waals surface area contributed by atoms with Crippen molar-refractivity contribution >= 4 is 11.7 Å². The average Bonchev–Trinajstić information content (AvgIpc) is 2.74. The first-order valence-electron chi connectivity index (χ1n) is 9.98. The topological polar surface area (TPSA) is 39.7 Å². The molecule has 2 saturated heterocycles. The highest BCUT2D eigenvalue weighted by atomic mass is 16.2. The van der Waals surface area contributed by atoms with Gasteiger partial charge in [0.1, 0.15) is 5.82 Å². The van der Waals surface area contributed by atoms with Crippen LogP contribution in [-0.4, -0.2) is 60.5 Å². The number of piperazine rings is 1. The Morgan fingerprint density at radius 1 is 0.963 bits per heavy atom. The summed E-state index contributed by atoms with van der Waals surface area (Å²) in [5, 5.41) is 0. The molecule has 1 aromatic carbocycles. The summed E-state index contributed by atoms with van der Waals surface area (Å²) in [7, 11) is 2.16. The molecule has 0 bridgehead atoms. The third-order valence-electron chi connectivity index (χ3n) is 5.77. The Labute approximate surface area is 161 Å². The first kappa shape index (κ1) is 18.0. The number of likely N-dealkylation sites (tertiary alicyclic amines) is 1. The summed E-state index contributed by atoms with van der Waals surface area (Å²) in [4.78, 5) is 24.5. The maximum absolute atomic E-state index is 13.0. The Morgan fingerprint density at radius 2 is 1.74 bits per heavy atom. The summed E-state index contributed by atoms with van der Waals surface area (Å²) in [6, 6.07) is 14.0. The molecule has 4 rings (SSSR count). The maximum atomic E-state index is 13.0. The lowest BCUT2D eigenvalue weighted by Gasteiger charge is -2.36. The standard InChI is InChI=1S/C22H28N4O/c1-24-13-15-25(16-14-24)21-11-10-19(17-23-21)20-9-5-6-12-26(20)22(27)18-7-3-2-4-8-18/h2-4,7-8,10-11,17,20H,5-6,9,12-16H2,1H3. The molecule has 5 heteroatoms. The van der Waals surface area contributed by atoms with Gasteiger partial charge in [-0.1, -0.05) is 24.3 Å². The summed E-state index contributed by atoms with van der Waals surface area (Å²) in [5.41, 5.74) is 1.92. The summed E-state index contributed by atoms with van der Waals surface area (Å²) in [5.74, 6) is 1.17. The van der Waals surface area contributed by atoms with Gasteiger partial charge in [-0.2, -0.15) is 0 Å². The third-order valence-corrected chi connectivity index (χ3v) is 5.77. The lowest BCUT2D eigenvalue weighted by Crippen LogP contribution is -2.44. The normalized spacial score (nSPS) is 21.3. The van der Waals surface area contributed by atoms with Crippen molar-refractivity contribution < 1.29 is 4.79 Å². The van der Waals surface area contributed by atoms with Gasteiger partial charge in [0.15, 0.2) is 0 Å². The van der Waals surface area contributed by atoms with Crippen LogP contribution in [0.3, 0.4) is 0 Å². The van der Waals surface area contributed by atoms with Crippen LogP contribution in [0.5, 0.6) is 0 Å². The number of likely N-dealkylation sites (N-methyl/N-ethyl adjacent to an activating group) is 1. The van der Waals surface area contributed by atoms with Crippen molar-refractivity contribution in [2.75, 3.05) is 44.7 Å². The fourth-order valence-electron chi connectivity index (χ4n) is 4.08. The number of nitrogens with zero attached hydrogens (tertiary/aromatic N) is 4. The molecule has 1 unspecified atom stereocenters. The van der Waals surface area contributed by atoms with E-state index in [2.05, 4.69) is 29.0 Å². The van der Waals surface area contributed by atoms with E-state index in [1.54, 1.807) is 0 Å². The fourth-order valence-corrected chi connectivity index (χ4v) is 4.08. The number of rotatable bonds is 3. The number of hydrogen-bond acceptors (Lipinski definition) is 4. The van der Waals surface area contributed by atoms with Gasteiger partial charge in [0.05, 0.1) is 6.04 Å². The van der Waals surface area contributed by atoms with E-state index in [9.17, 15) is 4.79 Å². The second kappa shape index (κ2) is 8.09. The Kier molecular flexibility index (Phi) is 5.39. The number of pyridine rings is 1. The Bertz CT molecular complexity index is 754. The van der Waals surface area contributed by atoms with Gasteiger partial charge >= 0.3 is 0 Å². The second-order valence-electron chi connectivity index (χ2n) is 7.62. The molecule has 142 valence electrons. The van der Waals surface area contributed by atoms with E-state index in [1.165, 1.54) is 0 Å². The Morgan fingerprint density at radius 3 is 2.44 bits per heavy atom. The van der Waals surface area contributed by atoms with Gasteiger partial charge in [-0.05, 0) is 50.1 Å². The van der Waals surface area contributed by atoms with Gasteiger partial charge in [-0.15, -0.1) is 0 Å². The molecular weight excluding hydrogens is 336 g/mol. The number of piperidine rings is 1. The van der Waals surface area contributed by atoms with Crippen LogP contribution in [0.4, 0.5) is 5.82 Å². The average molecular weight is 364 g/mol. The smallest absolute Gasteiger partial charge is 0.254 e. The molecule has 0 spiro atoms. The zero-order valence-electron chi connectivity index (χ0n) is 16.1. The Hall–Kier alpha value is -2.40. The van der Waals surface area contributed by atoms with Crippen molar-refractivity contribution in [1.82, 2.24) is 14.8 Å². The molecule has 1 aromatic heterocycles. The van der Waals surface area contributed by atoms with Crippen LogP contribution in [-0.2, 0) is 0 Å². The predicted octanol–water partition coefficient (Wildman–Crippen LogP) is 3.20. The van der Waals surface area contributed by atoms with Crippen LogP contribution < -0.4 is 4.90 Å². The molecule has 2 fully saturated rings. The molecule has 27 heavy (non-hydrogen) atoms. The van der Waals surface area contributed by atoms with Crippen molar-refractivity contribution in [2.24, 2.45) is 0 Å². The van der Waals surface area contributed by atoms with E-state index in [1.807, 2.05) is 41.4 Å². The number of hydrogen-bond donors (Lipinski definition) is 0. The van der Waals surface area contributed by atoms with Crippen molar-refractivity contribution in [2.45, 2.75) is 25.3 Å². The summed E-state index contributed by atoms with van der Waals surface area (Å²) >= 11 is 0. The first-order chi connectivity index (χ1) is 13.2. The first-order valence-corrected chi connectivity index (χ1v) is 9.98. The van der Waals surface area contributed by atoms with Crippen molar-refractivity contribution in [3.05, 3.63) is 59.8 Å². The monoisotopic (exact) mass is 364 g/mol. The summed E-state index contributed by atoms with van der Waals surface area (Å²) in [6.45, 7) is 5.01. The number of benzene rings is 1. The predicted molar refractivity (Wildman–Crippen MR) is 108 cm³/mol. The largest absolute Gasteiger partial charge is 0.354 e. The van der Waals surface area contributed by atoms with E-state index in [-0.39, 0.29) is 11.9 Å². The van der Waals surface area contributed by atoms with Crippen LogP contribution in [0.25, 0.3) is 0 Å². The molecule has 2 aliphatic rings. The van der Waals surface area contributed by atoms with E-state index in [0.717, 1.165) is 68.9 Å². The number of anilines is 1. The molecule has 1 atom stereocenters.